The van der Waals surface area contributed by atoms with Crippen LogP contribution in [0.25, 0.3) is 6.08 Å². The minimum absolute atomic E-state index is 0.526. The Labute approximate surface area is 122 Å². The van der Waals surface area contributed by atoms with Crippen molar-refractivity contribution in [1.82, 2.24) is 0 Å². The zero-order valence-electron chi connectivity index (χ0n) is 12.3. The summed E-state index contributed by atoms with van der Waals surface area (Å²) < 4.78 is 5.32. The summed E-state index contributed by atoms with van der Waals surface area (Å²) in [5.74, 6) is 4.03. The van der Waals surface area contributed by atoms with Crippen LogP contribution in [0, 0.1) is 23.2 Å². The summed E-state index contributed by atoms with van der Waals surface area (Å²) in [6.07, 6.45) is 13.8. The van der Waals surface area contributed by atoms with E-state index < -0.39 is 0 Å². The molecule has 0 radical (unpaired) electrons. The first-order valence-electron chi connectivity index (χ1n) is 8.08. The number of rotatable bonds is 3. The molecule has 0 spiro atoms. The smallest absolute Gasteiger partial charge is 0.119 e. The molecule has 0 aromatic heterocycles. The second-order valence-corrected chi connectivity index (χ2v) is 7.39. The molecule has 4 aliphatic carbocycles. The number of allylic oxidation sites excluding steroid dienone is 1. The molecule has 0 atom stereocenters. The third-order valence-corrected chi connectivity index (χ3v) is 5.81. The van der Waals surface area contributed by atoms with Gasteiger partial charge in [-0.25, -0.2) is 0 Å². The molecule has 5 rings (SSSR count). The molecule has 1 heteroatoms. The molecule has 0 N–H and O–H groups in total. The Kier molecular flexibility index (Phi) is 2.90. The summed E-state index contributed by atoms with van der Waals surface area (Å²) in [5.41, 5.74) is 1.80. The third kappa shape index (κ3) is 2.17. The molecule has 0 unspecified atom stereocenters. The highest BCUT2D eigenvalue weighted by Crippen LogP contribution is 2.60. The Bertz CT molecular complexity index is 493. The SMILES string of the molecule is COc1cccc(/C=C/C23CC4CC(CC(C4)C2)C3)c1. The first kappa shape index (κ1) is 12.5. The van der Waals surface area contributed by atoms with Crippen molar-refractivity contribution in [3.63, 3.8) is 0 Å². The second kappa shape index (κ2) is 4.65. The van der Waals surface area contributed by atoms with Crippen LogP contribution in [0.3, 0.4) is 0 Å². The Morgan fingerprint density at radius 2 is 1.70 bits per heavy atom. The Morgan fingerprint density at radius 3 is 2.30 bits per heavy atom. The fourth-order valence-corrected chi connectivity index (χ4v) is 5.40. The molecule has 4 saturated carbocycles. The lowest BCUT2D eigenvalue weighted by molar-refractivity contribution is -0.0232. The van der Waals surface area contributed by atoms with Crippen LogP contribution in [-0.2, 0) is 0 Å². The molecule has 1 aromatic carbocycles. The van der Waals surface area contributed by atoms with Crippen LogP contribution in [0.15, 0.2) is 30.3 Å². The van der Waals surface area contributed by atoms with Crippen LogP contribution in [-0.4, -0.2) is 7.11 Å². The molecule has 0 aliphatic heterocycles. The van der Waals surface area contributed by atoms with Gasteiger partial charge in [0, 0.05) is 0 Å². The summed E-state index contributed by atoms with van der Waals surface area (Å²) >= 11 is 0. The largest absolute Gasteiger partial charge is 0.497 e. The van der Waals surface area contributed by atoms with Gasteiger partial charge in [-0.15, -0.1) is 0 Å². The molecule has 0 saturated heterocycles. The van der Waals surface area contributed by atoms with E-state index in [0.717, 1.165) is 23.5 Å². The van der Waals surface area contributed by atoms with Crippen molar-refractivity contribution in [2.45, 2.75) is 38.5 Å². The molecular formula is C19H24O. The highest BCUT2D eigenvalue weighted by molar-refractivity contribution is 5.52. The lowest BCUT2D eigenvalue weighted by Crippen LogP contribution is -2.44. The van der Waals surface area contributed by atoms with Crippen molar-refractivity contribution >= 4 is 6.08 Å². The van der Waals surface area contributed by atoms with Crippen LogP contribution in [0.5, 0.6) is 5.75 Å². The van der Waals surface area contributed by atoms with Gasteiger partial charge >= 0.3 is 0 Å². The molecular weight excluding hydrogens is 244 g/mol. The van der Waals surface area contributed by atoms with Gasteiger partial charge in [-0.05, 0) is 79.4 Å². The molecule has 4 aliphatic rings. The van der Waals surface area contributed by atoms with Crippen molar-refractivity contribution in [3.05, 3.63) is 35.9 Å². The molecule has 1 aromatic rings. The minimum Gasteiger partial charge on any atom is -0.497 e. The summed E-state index contributed by atoms with van der Waals surface area (Å²) in [4.78, 5) is 0. The molecule has 0 heterocycles. The quantitative estimate of drug-likeness (QED) is 0.755. The van der Waals surface area contributed by atoms with E-state index in [9.17, 15) is 0 Å². The van der Waals surface area contributed by atoms with Crippen molar-refractivity contribution in [3.8, 4) is 5.75 Å². The maximum Gasteiger partial charge on any atom is 0.119 e. The van der Waals surface area contributed by atoms with Gasteiger partial charge in [0.15, 0.2) is 0 Å². The van der Waals surface area contributed by atoms with Gasteiger partial charge in [0.25, 0.3) is 0 Å². The Balaban J connectivity index is 1.57. The fraction of sp³-hybridized carbons (Fsp3) is 0.579. The van der Waals surface area contributed by atoms with Gasteiger partial charge in [-0.2, -0.15) is 0 Å². The number of hydrogen-bond acceptors (Lipinski definition) is 1. The topological polar surface area (TPSA) is 9.23 Å². The zero-order chi connectivity index (χ0) is 13.6. The van der Waals surface area contributed by atoms with E-state index in [1.54, 1.807) is 7.11 Å². The predicted molar refractivity (Wildman–Crippen MR) is 82.6 cm³/mol. The normalized spacial score (nSPS) is 38.5. The lowest BCUT2D eigenvalue weighted by Gasteiger charge is -2.55. The minimum atomic E-state index is 0.526. The van der Waals surface area contributed by atoms with E-state index in [1.165, 1.54) is 44.1 Å². The number of ether oxygens (including phenoxy) is 1. The summed E-state index contributed by atoms with van der Waals surface area (Å²) in [5, 5.41) is 0. The number of methoxy groups -OCH3 is 1. The Hall–Kier alpha value is -1.24. The molecule has 20 heavy (non-hydrogen) atoms. The van der Waals surface area contributed by atoms with Gasteiger partial charge in [0.1, 0.15) is 5.75 Å². The maximum absolute atomic E-state index is 5.32. The van der Waals surface area contributed by atoms with Crippen molar-refractivity contribution in [2.24, 2.45) is 23.2 Å². The summed E-state index contributed by atoms with van der Waals surface area (Å²) in [6, 6.07) is 8.41. The second-order valence-electron chi connectivity index (χ2n) is 7.39. The van der Waals surface area contributed by atoms with Crippen LogP contribution < -0.4 is 4.74 Å². The van der Waals surface area contributed by atoms with Crippen molar-refractivity contribution in [1.29, 1.82) is 0 Å². The van der Waals surface area contributed by atoms with E-state index in [4.69, 9.17) is 4.74 Å². The summed E-state index contributed by atoms with van der Waals surface area (Å²) in [7, 11) is 1.74. The van der Waals surface area contributed by atoms with E-state index in [0.29, 0.717) is 5.41 Å². The average Bonchev–Trinajstić information content (AvgIpc) is 2.44. The fourth-order valence-electron chi connectivity index (χ4n) is 5.40. The molecule has 0 amide bonds. The predicted octanol–water partition coefficient (Wildman–Crippen LogP) is 4.92. The average molecular weight is 268 g/mol. The van der Waals surface area contributed by atoms with E-state index in [2.05, 4.69) is 30.4 Å². The van der Waals surface area contributed by atoms with Gasteiger partial charge in [-0.3, -0.25) is 0 Å². The van der Waals surface area contributed by atoms with E-state index in [-0.39, 0.29) is 0 Å². The van der Waals surface area contributed by atoms with Crippen molar-refractivity contribution in [2.75, 3.05) is 7.11 Å². The van der Waals surface area contributed by atoms with Gasteiger partial charge < -0.3 is 4.74 Å². The molecule has 106 valence electrons. The van der Waals surface area contributed by atoms with Crippen LogP contribution in [0.4, 0.5) is 0 Å². The third-order valence-electron chi connectivity index (χ3n) is 5.81. The van der Waals surface area contributed by atoms with Gasteiger partial charge in [-0.1, -0.05) is 24.3 Å². The van der Waals surface area contributed by atoms with Gasteiger partial charge in [0.05, 0.1) is 7.11 Å². The molecule has 4 fully saturated rings. The van der Waals surface area contributed by atoms with Crippen LogP contribution >= 0.6 is 0 Å². The monoisotopic (exact) mass is 268 g/mol. The summed E-state index contributed by atoms with van der Waals surface area (Å²) in [6.45, 7) is 0. The maximum atomic E-state index is 5.32. The first-order valence-corrected chi connectivity index (χ1v) is 8.08. The lowest BCUT2D eigenvalue weighted by atomic mass is 9.49. The van der Waals surface area contributed by atoms with Gasteiger partial charge in [0.2, 0.25) is 0 Å². The molecule has 4 bridgehead atoms. The van der Waals surface area contributed by atoms with E-state index >= 15 is 0 Å². The van der Waals surface area contributed by atoms with Crippen LogP contribution in [0.2, 0.25) is 0 Å². The standard InChI is InChI=1S/C19H24O/c1-20-18-4-2-3-14(10-18)5-6-19-11-15-7-16(12-19)9-17(8-15)13-19/h2-6,10,15-17H,7-9,11-13H2,1H3/b6-5+. The van der Waals surface area contributed by atoms with Crippen LogP contribution in [0.1, 0.15) is 44.1 Å². The number of benzene rings is 1. The first-order chi connectivity index (χ1) is 9.75. The Morgan fingerprint density at radius 1 is 1.05 bits per heavy atom. The van der Waals surface area contributed by atoms with E-state index in [1.807, 2.05) is 6.07 Å². The number of hydrogen-bond donors (Lipinski definition) is 0. The highest BCUT2D eigenvalue weighted by atomic mass is 16.5. The van der Waals surface area contributed by atoms with Crippen molar-refractivity contribution < 1.29 is 4.74 Å². The zero-order valence-corrected chi connectivity index (χ0v) is 12.3. The highest BCUT2D eigenvalue weighted by Gasteiger charge is 2.49. The molecule has 1 nitrogen and oxygen atoms in total.